The van der Waals surface area contributed by atoms with Crippen molar-refractivity contribution in [2.24, 2.45) is 0 Å². The normalized spacial score (nSPS) is 23.4. The summed E-state index contributed by atoms with van der Waals surface area (Å²) in [5, 5.41) is 3.38. The fraction of sp³-hybridized carbons (Fsp3) is 0.769. The third-order valence-corrected chi connectivity index (χ3v) is 3.54. The zero-order chi connectivity index (χ0) is 12.8. The van der Waals surface area contributed by atoms with Crippen molar-refractivity contribution in [1.29, 1.82) is 0 Å². The van der Waals surface area contributed by atoms with Crippen molar-refractivity contribution in [2.45, 2.75) is 38.3 Å². The highest BCUT2D eigenvalue weighted by atomic mass is 16.5. The van der Waals surface area contributed by atoms with Crippen LogP contribution in [0, 0.1) is 0 Å². The summed E-state index contributed by atoms with van der Waals surface area (Å²) in [6.45, 7) is 5.38. The Labute approximate surface area is 108 Å². The van der Waals surface area contributed by atoms with Crippen molar-refractivity contribution in [3.05, 3.63) is 12.4 Å². The molecule has 2 heterocycles. The predicted octanol–water partition coefficient (Wildman–Crippen LogP) is 1.90. The molecule has 1 N–H and O–H groups in total. The van der Waals surface area contributed by atoms with Crippen LogP contribution in [0.4, 0.5) is 5.95 Å². The van der Waals surface area contributed by atoms with Gasteiger partial charge in [-0.05, 0) is 6.42 Å². The second-order valence-electron chi connectivity index (χ2n) is 4.84. The first-order valence-electron chi connectivity index (χ1n) is 6.67. The first kappa shape index (κ1) is 13.4. The molecule has 1 aliphatic rings. The molecule has 1 atom stereocenters. The molecule has 2 rings (SSSR count). The first-order valence-corrected chi connectivity index (χ1v) is 6.67. The number of nitrogens with zero attached hydrogens (tertiary/aromatic N) is 2. The van der Waals surface area contributed by atoms with Gasteiger partial charge < -0.3 is 19.4 Å². The van der Waals surface area contributed by atoms with Crippen LogP contribution < -0.4 is 5.32 Å². The number of aryl methyl sites for hydroxylation is 1. The summed E-state index contributed by atoms with van der Waals surface area (Å²) in [6.07, 6.45) is 7.15. The predicted molar refractivity (Wildman–Crippen MR) is 70.8 cm³/mol. The molecule has 0 bridgehead atoms. The highest BCUT2D eigenvalue weighted by Gasteiger charge is 2.34. The zero-order valence-electron chi connectivity index (χ0n) is 11.3. The molecule has 0 amide bonds. The first-order chi connectivity index (χ1) is 8.79. The second-order valence-corrected chi connectivity index (χ2v) is 4.84. The Hall–Kier alpha value is -1.07. The molecule has 0 aromatic carbocycles. The van der Waals surface area contributed by atoms with E-state index in [-0.39, 0.29) is 5.60 Å². The SMILES string of the molecule is CCCCn1ccnc1NCC1(OC)CCOC1. The molecule has 5 nitrogen and oxygen atoms in total. The van der Waals surface area contributed by atoms with E-state index in [0.29, 0.717) is 6.61 Å². The third-order valence-electron chi connectivity index (χ3n) is 3.54. The van der Waals surface area contributed by atoms with E-state index in [2.05, 4.69) is 21.8 Å². The summed E-state index contributed by atoms with van der Waals surface area (Å²) in [5.41, 5.74) is -0.193. The van der Waals surface area contributed by atoms with Gasteiger partial charge in [0.15, 0.2) is 0 Å². The molecule has 0 radical (unpaired) electrons. The van der Waals surface area contributed by atoms with Crippen molar-refractivity contribution >= 4 is 5.95 Å². The van der Waals surface area contributed by atoms with Gasteiger partial charge >= 0.3 is 0 Å². The number of rotatable bonds is 7. The Balaban J connectivity index is 1.91. The average molecular weight is 253 g/mol. The number of methoxy groups -OCH3 is 1. The van der Waals surface area contributed by atoms with Crippen molar-refractivity contribution < 1.29 is 9.47 Å². The number of unbranched alkanes of at least 4 members (excludes halogenated alkanes) is 1. The van der Waals surface area contributed by atoms with Crippen LogP contribution in [0.2, 0.25) is 0 Å². The maximum Gasteiger partial charge on any atom is 0.202 e. The van der Waals surface area contributed by atoms with Gasteiger partial charge in [0.1, 0.15) is 5.60 Å². The number of ether oxygens (including phenoxy) is 2. The lowest BCUT2D eigenvalue weighted by Crippen LogP contribution is -2.40. The largest absolute Gasteiger partial charge is 0.378 e. The van der Waals surface area contributed by atoms with Crippen LogP contribution >= 0.6 is 0 Å². The number of aromatic nitrogens is 2. The number of anilines is 1. The summed E-state index contributed by atoms with van der Waals surface area (Å²) in [7, 11) is 1.75. The second kappa shape index (κ2) is 6.20. The van der Waals surface area contributed by atoms with Crippen molar-refractivity contribution in [3.8, 4) is 0 Å². The quantitative estimate of drug-likeness (QED) is 0.806. The maximum absolute atomic E-state index is 5.59. The van der Waals surface area contributed by atoms with Crippen LogP contribution in [-0.4, -0.2) is 42.0 Å². The molecule has 5 heteroatoms. The third kappa shape index (κ3) is 3.03. The minimum absolute atomic E-state index is 0.193. The molecular formula is C13H23N3O2. The van der Waals surface area contributed by atoms with Gasteiger partial charge in [0, 0.05) is 45.6 Å². The zero-order valence-corrected chi connectivity index (χ0v) is 11.3. The lowest BCUT2D eigenvalue weighted by Gasteiger charge is -2.26. The summed E-state index contributed by atoms with van der Waals surface area (Å²) >= 11 is 0. The standard InChI is InChI=1S/C13H23N3O2/c1-3-4-7-16-8-6-14-12(16)15-10-13(17-2)5-9-18-11-13/h6,8H,3-5,7,9-11H2,1-2H3,(H,14,15). The molecule has 0 aliphatic carbocycles. The molecule has 102 valence electrons. The van der Waals surface area contributed by atoms with Crippen molar-refractivity contribution in [2.75, 3.05) is 32.2 Å². The van der Waals surface area contributed by atoms with Crippen LogP contribution in [0.15, 0.2) is 12.4 Å². The summed E-state index contributed by atoms with van der Waals surface area (Å²) in [4.78, 5) is 4.35. The van der Waals surface area contributed by atoms with Crippen molar-refractivity contribution in [1.82, 2.24) is 9.55 Å². The fourth-order valence-electron chi connectivity index (χ4n) is 2.19. The summed E-state index contributed by atoms with van der Waals surface area (Å²) in [6, 6.07) is 0. The minimum Gasteiger partial charge on any atom is -0.378 e. The molecular weight excluding hydrogens is 230 g/mol. The van der Waals surface area contributed by atoms with Gasteiger partial charge in [0.25, 0.3) is 0 Å². The highest BCUT2D eigenvalue weighted by Crippen LogP contribution is 2.23. The van der Waals surface area contributed by atoms with E-state index >= 15 is 0 Å². The van der Waals surface area contributed by atoms with E-state index in [4.69, 9.17) is 9.47 Å². The van der Waals surface area contributed by atoms with Gasteiger partial charge in [-0.2, -0.15) is 0 Å². The molecule has 1 aliphatic heterocycles. The maximum atomic E-state index is 5.59. The van der Waals surface area contributed by atoms with Crippen LogP contribution in [-0.2, 0) is 16.0 Å². The number of hydrogen-bond acceptors (Lipinski definition) is 4. The molecule has 1 saturated heterocycles. The van der Waals surface area contributed by atoms with Crippen LogP contribution in [0.1, 0.15) is 26.2 Å². The van der Waals surface area contributed by atoms with E-state index in [1.54, 1.807) is 7.11 Å². The lowest BCUT2D eigenvalue weighted by atomic mass is 10.0. The van der Waals surface area contributed by atoms with Crippen LogP contribution in [0.3, 0.4) is 0 Å². The minimum atomic E-state index is -0.193. The Morgan fingerprint density at radius 3 is 3.17 bits per heavy atom. The lowest BCUT2D eigenvalue weighted by molar-refractivity contribution is -0.00635. The Kier molecular flexibility index (Phi) is 4.60. The van der Waals surface area contributed by atoms with E-state index in [9.17, 15) is 0 Å². The fourth-order valence-corrected chi connectivity index (χ4v) is 2.19. The highest BCUT2D eigenvalue weighted by molar-refractivity contribution is 5.27. The topological polar surface area (TPSA) is 48.3 Å². The smallest absolute Gasteiger partial charge is 0.202 e. The van der Waals surface area contributed by atoms with Gasteiger partial charge in [0.05, 0.1) is 6.61 Å². The Bertz CT molecular complexity index is 359. The molecule has 0 spiro atoms. The molecule has 1 fully saturated rings. The molecule has 0 saturated carbocycles. The molecule has 1 aromatic rings. The monoisotopic (exact) mass is 253 g/mol. The van der Waals surface area contributed by atoms with Gasteiger partial charge in [-0.25, -0.2) is 4.98 Å². The van der Waals surface area contributed by atoms with Gasteiger partial charge in [-0.1, -0.05) is 13.3 Å². The van der Waals surface area contributed by atoms with E-state index in [1.165, 1.54) is 12.8 Å². The van der Waals surface area contributed by atoms with E-state index in [1.807, 2.05) is 12.4 Å². The average Bonchev–Trinajstić information content (AvgIpc) is 3.03. The Morgan fingerprint density at radius 1 is 1.61 bits per heavy atom. The van der Waals surface area contributed by atoms with E-state index < -0.39 is 0 Å². The summed E-state index contributed by atoms with van der Waals surface area (Å²) < 4.78 is 13.2. The van der Waals surface area contributed by atoms with Crippen molar-refractivity contribution in [3.63, 3.8) is 0 Å². The molecule has 1 unspecified atom stereocenters. The number of hydrogen-bond donors (Lipinski definition) is 1. The molecule has 18 heavy (non-hydrogen) atoms. The van der Waals surface area contributed by atoms with Crippen LogP contribution in [0.25, 0.3) is 0 Å². The van der Waals surface area contributed by atoms with E-state index in [0.717, 1.165) is 32.1 Å². The van der Waals surface area contributed by atoms with Gasteiger partial charge in [0.2, 0.25) is 5.95 Å². The number of nitrogens with one attached hydrogen (secondary N) is 1. The van der Waals surface area contributed by atoms with Crippen LogP contribution in [0.5, 0.6) is 0 Å². The molecule has 1 aromatic heterocycles. The number of imidazole rings is 1. The summed E-state index contributed by atoms with van der Waals surface area (Å²) in [5.74, 6) is 0.923. The Morgan fingerprint density at radius 2 is 2.50 bits per heavy atom. The van der Waals surface area contributed by atoms with Gasteiger partial charge in [-0.15, -0.1) is 0 Å². The van der Waals surface area contributed by atoms with Gasteiger partial charge in [-0.3, -0.25) is 0 Å².